The van der Waals surface area contributed by atoms with Gasteiger partial charge >= 0.3 is 0 Å². The number of amides is 1. The number of sulfonamides is 1. The van der Waals surface area contributed by atoms with E-state index < -0.39 is 21.6 Å². The summed E-state index contributed by atoms with van der Waals surface area (Å²) in [6.07, 6.45) is 2.09. The number of hydrogen-bond donors (Lipinski definition) is 3. The highest BCUT2D eigenvalue weighted by Gasteiger charge is 2.42. The van der Waals surface area contributed by atoms with Crippen LogP contribution in [0.15, 0.2) is 21.7 Å². The second-order valence-electron chi connectivity index (χ2n) is 5.66. The predicted octanol–water partition coefficient (Wildman–Crippen LogP) is 0.659. The maximum absolute atomic E-state index is 12.2. The van der Waals surface area contributed by atoms with Crippen LogP contribution in [-0.2, 0) is 14.8 Å². The lowest BCUT2D eigenvalue weighted by atomic mass is 9.95. The Morgan fingerprint density at radius 3 is 2.71 bits per heavy atom. The van der Waals surface area contributed by atoms with Gasteiger partial charge < -0.3 is 11.1 Å². The second-order valence-corrected chi connectivity index (χ2v) is 8.55. The van der Waals surface area contributed by atoms with Crippen LogP contribution in [0.1, 0.15) is 26.7 Å². The molecule has 1 amide bonds. The Kier molecular flexibility index (Phi) is 4.72. The zero-order valence-electron chi connectivity index (χ0n) is 12.1. The van der Waals surface area contributed by atoms with E-state index in [0.29, 0.717) is 12.5 Å². The van der Waals surface area contributed by atoms with Gasteiger partial charge in [-0.05, 0) is 44.1 Å². The average Bonchev–Trinajstić information content (AvgIpc) is 3.13. The molecule has 8 heteroatoms. The molecule has 1 saturated carbocycles. The number of rotatable bonds is 7. The largest absolute Gasteiger partial charge is 0.348 e. The number of thiophene rings is 1. The standard InChI is InChI=1S/C13H21N3O3S2/c1-9(16-21(18,19)11-4-3-7-20-11)12(17)15-13(2,8-14)10-5-6-10/h3-4,7,9-10,16H,5-6,8,14H2,1-2H3,(H,15,17). The van der Waals surface area contributed by atoms with Crippen molar-refractivity contribution < 1.29 is 13.2 Å². The molecule has 1 aliphatic carbocycles. The van der Waals surface area contributed by atoms with E-state index in [0.717, 1.165) is 24.2 Å². The van der Waals surface area contributed by atoms with E-state index in [-0.39, 0.29) is 10.1 Å². The van der Waals surface area contributed by atoms with Crippen molar-refractivity contribution in [2.45, 2.75) is 42.5 Å². The molecule has 2 rings (SSSR count). The summed E-state index contributed by atoms with van der Waals surface area (Å²) in [5, 5.41) is 4.56. The van der Waals surface area contributed by atoms with E-state index in [1.54, 1.807) is 11.4 Å². The Bertz CT molecular complexity index is 596. The molecule has 0 aliphatic heterocycles. The van der Waals surface area contributed by atoms with E-state index in [9.17, 15) is 13.2 Å². The van der Waals surface area contributed by atoms with Crippen LogP contribution >= 0.6 is 11.3 Å². The van der Waals surface area contributed by atoms with Crippen molar-refractivity contribution in [2.75, 3.05) is 6.54 Å². The first-order chi connectivity index (χ1) is 9.78. The topological polar surface area (TPSA) is 101 Å². The molecule has 1 aliphatic rings. The third-order valence-electron chi connectivity index (χ3n) is 3.80. The smallest absolute Gasteiger partial charge is 0.250 e. The van der Waals surface area contributed by atoms with Crippen LogP contribution in [-0.4, -0.2) is 32.5 Å². The second kappa shape index (κ2) is 6.04. The van der Waals surface area contributed by atoms with E-state index in [1.165, 1.54) is 13.0 Å². The number of hydrogen-bond acceptors (Lipinski definition) is 5. The maximum atomic E-state index is 12.2. The summed E-state index contributed by atoms with van der Waals surface area (Å²) >= 11 is 1.11. The van der Waals surface area contributed by atoms with Crippen molar-refractivity contribution in [3.63, 3.8) is 0 Å². The normalized spacial score (nSPS) is 19.8. The van der Waals surface area contributed by atoms with Crippen molar-refractivity contribution >= 4 is 27.3 Å². The Morgan fingerprint density at radius 1 is 1.57 bits per heavy atom. The Balaban J connectivity index is 2.00. The van der Waals surface area contributed by atoms with E-state index in [4.69, 9.17) is 5.73 Å². The highest BCUT2D eigenvalue weighted by molar-refractivity contribution is 7.91. The highest BCUT2D eigenvalue weighted by atomic mass is 32.2. The molecule has 0 bridgehead atoms. The summed E-state index contributed by atoms with van der Waals surface area (Å²) in [6.45, 7) is 3.78. The third-order valence-corrected chi connectivity index (χ3v) is 6.73. The minimum absolute atomic E-state index is 0.200. The van der Waals surface area contributed by atoms with Gasteiger partial charge in [-0.25, -0.2) is 8.42 Å². The molecule has 1 aromatic heterocycles. The first-order valence-corrected chi connectivity index (χ1v) is 9.23. The minimum Gasteiger partial charge on any atom is -0.348 e. The van der Waals surface area contributed by atoms with Gasteiger partial charge in [0, 0.05) is 6.54 Å². The van der Waals surface area contributed by atoms with Crippen LogP contribution < -0.4 is 15.8 Å². The molecule has 0 aromatic carbocycles. The molecule has 1 aromatic rings. The van der Waals surface area contributed by atoms with Crippen LogP contribution in [0.3, 0.4) is 0 Å². The molecule has 1 fully saturated rings. The zero-order chi connectivity index (χ0) is 15.7. The van der Waals surface area contributed by atoms with Crippen molar-refractivity contribution in [3.8, 4) is 0 Å². The quantitative estimate of drug-likeness (QED) is 0.683. The molecule has 1 heterocycles. The van der Waals surface area contributed by atoms with E-state index >= 15 is 0 Å². The minimum atomic E-state index is -3.65. The lowest BCUT2D eigenvalue weighted by Crippen LogP contribution is -2.57. The molecular formula is C13H21N3O3S2. The number of carbonyl (C=O) groups excluding carboxylic acids is 1. The highest BCUT2D eigenvalue weighted by Crippen LogP contribution is 2.38. The van der Waals surface area contributed by atoms with E-state index in [2.05, 4.69) is 10.0 Å². The van der Waals surface area contributed by atoms with Crippen LogP contribution in [0, 0.1) is 5.92 Å². The van der Waals surface area contributed by atoms with Crippen LogP contribution in [0.5, 0.6) is 0 Å². The third kappa shape index (κ3) is 3.82. The monoisotopic (exact) mass is 331 g/mol. The van der Waals surface area contributed by atoms with Crippen LogP contribution in [0.4, 0.5) is 0 Å². The summed E-state index contributed by atoms with van der Waals surface area (Å²) in [6, 6.07) is 2.32. The average molecular weight is 331 g/mol. The molecular weight excluding hydrogens is 310 g/mol. The molecule has 118 valence electrons. The zero-order valence-corrected chi connectivity index (χ0v) is 13.8. The van der Waals surface area contributed by atoms with Crippen molar-refractivity contribution in [3.05, 3.63) is 17.5 Å². The first-order valence-electron chi connectivity index (χ1n) is 6.86. The molecule has 2 atom stereocenters. The molecule has 0 spiro atoms. The van der Waals surface area contributed by atoms with E-state index in [1.807, 2.05) is 6.92 Å². The van der Waals surface area contributed by atoms with Crippen molar-refractivity contribution in [2.24, 2.45) is 11.7 Å². The van der Waals surface area contributed by atoms with Gasteiger partial charge in [-0.3, -0.25) is 4.79 Å². The van der Waals surface area contributed by atoms with Gasteiger partial charge in [0.25, 0.3) is 10.0 Å². The Morgan fingerprint density at radius 2 is 2.24 bits per heavy atom. The molecule has 2 unspecified atom stereocenters. The predicted molar refractivity (Wildman–Crippen MR) is 82.4 cm³/mol. The fourth-order valence-corrected chi connectivity index (χ4v) is 4.40. The molecule has 0 saturated heterocycles. The lowest BCUT2D eigenvalue weighted by Gasteiger charge is -2.31. The number of carbonyl (C=O) groups is 1. The van der Waals surface area contributed by atoms with Gasteiger partial charge in [0.15, 0.2) is 0 Å². The van der Waals surface area contributed by atoms with Gasteiger partial charge in [-0.15, -0.1) is 11.3 Å². The SMILES string of the molecule is CC(NS(=O)(=O)c1cccs1)C(=O)NC(C)(CN)C1CC1. The fraction of sp³-hybridized carbons (Fsp3) is 0.615. The number of nitrogens with one attached hydrogen (secondary N) is 2. The fourth-order valence-electron chi connectivity index (χ4n) is 2.19. The molecule has 0 radical (unpaired) electrons. The summed E-state index contributed by atoms with van der Waals surface area (Å²) < 4.78 is 26.8. The van der Waals surface area contributed by atoms with Gasteiger partial charge in [-0.2, -0.15) is 4.72 Å². The molecule has 6 nitrogen and oxygen atoms in total. The number of nitrogens with two attached hydrogens (primary N) is 1. The summed E-state index contributed by atoms with van der Waals surface area (Å²) in [5.41, 5.74) is 5.29. The maximum Gasteiger partial charge on any atom is 0.250 e. The Labute approximate surface area is 129 Å². The molecule has 21 heavy (non-hydrogen) atoms. The summed E-state index contributed by atoms with van der Waals surface area (Å²) in [4.78, 5) is 12.2. The van der Waals surface area contributed by atoms with Gasteiger partial charge in [0.2, 0.25) is 5.91 Å². The Hall–Kier alpha value is -0.960. The van der Waals surface area contributed by atoms with Crippen LogP contribution in [0.25, 0.3) is 0 Å². The van der Waals surface area contributed by atoms with Gasteiger partial charge in [0.05, 0.1) is 11.6 Å². The summed E-state index contributed by atoms with van der Waals surface area (Å²) in [7, 11) is -3.65. The first kappa shape index (κ1) is 16.4. The molecule has 4 N–H and O–H groups in total. The van der Waals surface area contributed by atoms with Gasteiger partial charge in [0.1, 0.15) is 4.21 Å². The van der Waals surface area contributed by atoms with Crippen LogP contribution in [0.2, 0.25) is 0 Å². The van der Waals surface area contributed by atoms with Gasteiger partial charge in [-0.1, -0.05) is 6.07 Å². The van der Waals surface area contributed by atoms with Crippen molar-refractivity contribution in [1.82, 2.24) is 10.0 Å². The summed E-state index contributed by atoms with van der Waals surface area (Å²) in [5.74, 6) is 0.0301. The van der Waals surface area contributed by atoms with Crippen molar-refractivity contribution in [1.29, 1.82) is 0 Å². The lowest BCUT2D eigenvalue weighted by molar-refractivity contribution is -0.124.